The molecule has 1 aromatic rings. The van der Waals surface area contributed by atoms with Crippen LogP contribution in [0.5, 0.6) is 0 Å². The normalized spacial score (nSPS) is 26.3. The number of rotatable bonds is 4. The van der Waals surface area contributed by atoms with E-state index in [0.29, 0.717) is 23.2 Å². The lowest BCUT2D eigenvalue weighted by Crippen LogP contribution is -2.48. The average molecular weight is 438 g/mol. The first-order valence-corrected chi connectivity index (χ1v) is 12.4. The Labute approximate surface area is 190 Å². The summed E-state index contributed by atoms with van der Waals surface area (Å²) in [5.74, 6) is 1.81. The summed E-state index contributed by atoms with van der Waals surface area (Å²) in [5, 5.41) is 8.75. The maximum absolute atomic E-state index is 8.75. The molecule has 5 nitrogen and oxygen atoms in total. The minimum absolute atomic E-state index is 0.344. The number of hydrogen-bond donors (Lipinski definition) is 2. The monoisotopic (exact) mass is 437 g/mol. The molecule has 0 amide bonds. The Bertz CT molecular complexity index is 895. The van der Waals surface area contributed by atoms with Crippen LogP contribution in [0.3, 0.4) is 0 Å². The number of piperidine rings is 1. The second-order valence-corrected chi connectivity index (χ2v) is 10.3. The number of thioether (sulfide) groups is 1. The van der Waals surface area contributed by atoms with Gasteiger partial charge in [-0.1, -0.05) is 36.4 Å². The van der Waals surface area contributed by atoms with Crippen LogP contribution in [-0.2, 0) is 0 Å². The molecule has 1 aromatic heterocycles. The van der Waals surface area contributed by atoms with Crippen molar-refractivity contribution in [3.05, 3.63) is 47.2 Å². The molecule has 6 heteroatoms. The Morgan fingerprint density at radius 2 is 2.13 bits per heavy atom. The van der Waals surface area contributed by atoms with Gasteiger partial charge in [0.2, 0.25) is 0 Å². The van der Waals surface area contributed by atoms with Crippen molar-refractivity contribution in [1.82, 2.24) is 9.88 Å². The van der Waals surface area contributed by atoms with Crippen LogP contribution in [0.25, 0.3) is 0 Å². The smallest absolute Gasteiger partial charge is 0.160 e. The zero-order valence-corrected chi connectivity index (χ0v) is 19.6. The number of nitrogens with two attached hydrogens (primary N) is 1. The number of aliphatic imine (C=N–C) groups is 1. The molecule has 3 aliphatic rings. The molecule has 1 spiro atoms. The first kappa shape index (κ1) is 22.3. The van der Waals surface area contributed by atoms with E-state index in [1.807, 2.05) is 19.2 Å². The molecular weight excluding hydrogens is 402 g/mol. The number of nitrogens with one attached hydrogen (secondary N) is 1. The number of likely N-dealkylation sites (tertiary alicyclic amines) is 1. The summed E-state index contributed by atoms with van der Waals surface area (Å²) in [7, 11) is 0. The largest absolute Gasteiger partial charge is 0.360 e. The lowest BCUT2D eigenvalue weighted by Gasteiger charge is -2.43. The van der Waals surface area contributed by atoms with Gasteiger partial charge in [0, 0.05) is 36.6 Å². The molecule has 2 unspecified atom stereocenters. The lowest BCUT2D eigenvalue weighted by atomic mass is 9.74. The summed E-state index contributed by atoms with van der Waals surface area (Å²) in [4.78, 5) is 13.7. The Kier molecular flexibility index (Phi) is 6.97. The van der Waals surface area contributed by atoms with E-state index in [9.17, 15) is 0 Å². The molecule has 1 aliphatic carbocycles. The van der Waals surface area contributed by atoms with E-state index < -0.39 is 0 Å². The van der Waals surface area contributed by atoms with Crippen LogP contribution in [0, 0.1) is 23.7 Å². The predicted molar refractivity (Wildman–Crippen MR) is 131 cm³/mol. The van der Waals surface area contributed by atoms with Crippen LogP contribution in [-0.4, -0.2) is 40.7 Å². The van der Waals surface area contributed by atoms with Crippen molar-refractivity contribution in [2.45, 2.75) is 69.7 Å². The Balaban J connectivity index is 1.53. The second-order valence-electron chi connectivity index (χ2n) is 9.21. The summed E-state index contributed by atoms with van der Waals surface area (Å²) in [6, 6.07) is 4.39. The van der Waals surface area contributed by atoms with E-state index in [1.165, 1.54) is 19.3 Å². The summed E-state index contributed by atoms with van der Waals surface area (Å²) < 4.78 is 0. The molecule has 1 saturated heterocycles. The van der Waals surface area contributed by atoms with Gasteiger partial charge in [0.25, 0.3) is 0 Å². The third kappa shape index (κ3) is 4.96. The lowest BCUT2D eigenvalue weighted by molar-refractivity contribution is 0.133. The summed E-state index contributed by atoms with van der Waals surface area (Å²) >= 11 is 1.62. The molecule has 3 N–H and O–H groups in total. The van der Waals surface area contributed by atoms with Crippen molar-refractivity contribution >= 4 is 23.4 Å². The molecule has 2 fully saturated rings. The maximum atomic E-state index is 8.75. The third-order valence-electron chi connectivity index (χ3n) is 7.26. The standard InChI is InChI=1S/C25H35N5S/c1-3-4-7-19-16-21(31-20-8-6-13-28-18(20)2)24(27)29-23(17-19)30-14-11-25(12-15-30)10-5-9-22(25)26/h3-4,6,8,13,16,19,22,27H,5,7,9-12,14-15,17,26H2,1-2H3. The van der Waals surface area contributed by atoms with Gasteiger partial charge in [-0.05, 0) is 69.4 Å². The number of hydrogen-bond acceptors (Lipinski definition) is 5. The third-order valence-corrected chi connectivity index (χ3v) is 8.46. The number of nitrogens with zero attached hydrogens (tertiary/aromatic N) is 3. The second kappa shape index (κ2) is 9.70. The number of aryl methyl sites for hydroxylation is 1. The first-order chi connectivity index (χ1) is 15.0. The van der Waals surface area contributed by atoms with Crippen molar-refractivity contribution < 1.29 is 0 Å². The Morgan fingerprint density at radius 3 is 2.81 bits per heavy atom. The summed E-state index contributed by atoms with van der Waals surface area (Å²) in [6.45, 7) is 6.12. The molecule has 4 rings (SSSR count). The van der Waals surface area contributed by atoms with Gasteiger partial charge in [0.1, 0.15) is 5.84 Å². The minimum Gasteiger partial charge on any atom is -0.360 e. The maximum Gasteiger partial charge on any atom is 0.160 e. The quantitative estimate of drug-likeness (QED) is 0.625. The van der Waals surface area contributed by atoms with E-state index >= 15 is 0 Å². The van der Waals surface area contributed by atoms with E-state index in [2.05, 4.69) is 41.1 Å². The SMILES string of the molecule is CC=CCC1C=C(Sc2cccnc2C)C(=N)N=C(N2CCC3(CCCC3N)CC2)C1. The number of amidine groups is 2. The molecule has 1 saturated carbocycles. The van der Waals surface area contributed by atoms with Gasteiger partial charge in [0.05, 0.1) is 10.6 Å². The molecule has 0 radical (unpaired) electrons. The number of allylic oxidation sites excluding steroid dienone is 3. The van der Waals surface area contributed by atoms with Crippen molar-refractivity contribution in [2.24, 2.45) is 22.1 Å². The van der Waals surface area contributed by atoms with Crippen LogP contribution >= 0.6 is 11.8 Å². The molecule has 2 atom stereocenters. The van der Waals surface area contributed by atoms with Gasteiger partial charge in [-0.15, -0.1) is 0 Å². The highest BCUT2D eigenvalue weighted by Crippen LogP contribution is 2.45. The van der Waals surface area contributed by atoms with Crippen LogP contribution in [0.1, 0.15) is 57.6 Å². The summed E-state index contributed by atoms with van der Waals surface area (Å²) in [6.07, 6.45) is 16.3. The molecular formula is C25H35N5S. The van der Waals surface area contributed by atoms with Gasteiger partial charge in [-0.2, -0.15) is 0 Å². The zero-order valence-electron chi connectivity index (χ0n) is 18.8. The number of aromatic nitrogens is 1. The van der Waals surface area contributed by atoms with Gasteiger partial charge in [0.15, 0.2) is 5.84 Å². The van der Waals surface area contributed by atoms with Crippen molar-refractivity contribution in [3.63, 3.8) is 0 Å². The highest BCUT2D eigenvalue weighted by Gasteiger charge is 2.43. The van der Waals surface area contributed by atoms with Gasteiger partial charge in [-0.25, -0.2) is 4.99 Å². The molecule has 0 aromatic carbocycles. The highest BCUT2D eigenvalue weighted by atomic mass is 32.2. The molecule has 3 heterocycles. The van der Waals surface area contributed by atoms with Gasteiger partial charge >= 0.3 is 0 Å². The zero-order chi connectivity index (χ0) is 21.8. The average Bonchev–Trinajstić information content (AvgIpc) is 3.03. The Hall–Kier alpha value is -1.92. The van der Waals surface area contributed by atoms with E-state index in [4.69, 9.17) is 16.1 Å². The fourth-order valence-corrected chi connectivity index (χ4v) is 6.24. The van der Waals surface area contributed by atoms with Crippen molar-refractivity contribution in [2.75, 3.05) is 13.1 Å². The Morgan fingerprint density at radius 1 is 1.32 bits per heavy atom. The molecule has 2 aliphatic heterocycles. The number of pyridine rings is 1. The first-order valence-electron chi connectivity index (χ1n) is 11.6. The fraction of sp³-hybridized carbons (Fsp3) is 0.560. The fourth-order valence-electron chi connectivity index (χ4n) is 5.25. The van der Waals surface area contributed by atoms with E-state index in [1.54, 1.807) is 11.8 Å². The van der Waals surface area contributed by atoms with Gasteiger partial charge in [-0.3, -0.25) is 10.4 Å². The van der Waals surface area contributed by atoms with Crippen LogP contribution in [0.15, 0.2) is 51.4 Å². The van der Waals surface area contributed by atoms with E-state index in [-0.39, 0.29) is 0 Å². The minimum atomic E-state index is 0.344. The highest BCUT2D eigenvalue weighted by molar-refractivity contribution is 8.04. The predicted octanol–water partition coefficient (Wildman–Crippen LogP) is 5.32. The molecule has 0 bridgehead atoms. The van der Waals surface area contributed by atoms with Crippen LogP contribution in [0.2, 0.25) is 0 Å². The topological polar surface area (TPSA) is 78.4 Å². The van der Waals surface area contributed by atoms with Crippen molar-refractivity contribution in [3.8, 4) is 0 Å². The van der Waals surface area contributed by atoms with E-state index in [0.717, 1.165) is 60.1 Å². The molecule has 31 heavy (non-hydrogen) atoms. The van der Waals surface area contributed by atoms with Gasteiger partial charge < -0.3 is 10.6 Å². The van der Waals surface area contributed by atoms with Crippen LogP contribution in [0.4, 0.5) is 0 Å². The van der Waals surface area contributed by atoms with Crippen LogP contribution < -0.4 is 5.73 Å². The van der Waals surface area contributed by atoms with Crippen molar-refractivity contribution in [1.29, 1.82) is 5.41 Å². The molecule has 166 valence electrons. The summed E-state index contributed by atoms with van der Waals surface area (Å²) in [5.41, 5.74) is 7.83.